The van der Waals surface area contributed by atoms with E-state index in [4.69, 9.17) is 0 Å². The van der Waals surface area contributed by atoms with Gasteiger partial charge in [-0.1, -0.05) is 76.6 Å². The van der Waals surface area contributed by atoms with Crippen LogP contribution in [0.4, 0.5) is 0 Å². The molecule has 0 heterocycles. The Balaban J connectivity index is 1.54. The van der Waals surface area contributed by atoms with Gasteiger partial charge in [0.2, 0.25) is 10.0 Å². The molecule has 0 aliphatic carbocycles. The molecule has 32 heavy (non-hydrogen) atoms. The highest BCUT2D eigenvalue weighted by atomic mass is 79.9. The van der Waals surface area contributed by atoms with Crippen molar-refractivity contribution in [3.05, 3.63) is 82.3 Å². The summed E-state index contributed by atoms with van der Waals surface area (Å²) in [6, 6.07) is 22.0. The van der Waals surface area contributed by atoms with Gasteiger partial charge in [0.25, 0.3) is 0 Å². The summed E-state index contributed by atoms with van der Waals surface area (Å²) in [5.41, 5.74) is 1.66. The SMILES string of the molecule is CN(CC(O)CNC(C)(C)Cc1ccc2ccccc2c1)S(=O)(=O)Cc1ccccc1Br. The minimum absolute atomic E-state index is 0.0336. The smallest absolute Gasteiger partial charge is 0.218 e. The Morgan fingerprint density at radius 1 is 1.03 bits per heavy atom. The minimum Gasteiger partial charge on any atom is -0.390 e. The Labute approximate surface area is 199 Å². The molecule has 3 rings (SSSR count). The van der Waals surface area contributed by atoms with Crippen LogP contribution in [0.1, 0.15) is 25.0 Å². The van der Waals surface area contributed by atoms with Crippen molar-refractivity contribution in [3.63, 3.8) is 0 Å². The maximum absolute atomic E-state index is 12.7. The third-order valence-electron chi connectivity index (χ3n) is 5.51. The minimum atomic E-state index is -3.54. The predicted octanol–water partition coefficient (Wildman–Crippen LogP) is 4.34. The molecule has 7 heteroatoms. The lowest BCUT2D eigenvalue weighted by atomic mass is 9.93. The van der Waals surface area contributed by atoms with E-state index >= 15 is 0 Å². The fourth-order valence-electron chi connectivity index (χ4n) is 3.71. The monoisotopic (exact) mass is 518 g/mol. The number of β-amino-alcohol motifs (C(OH)–C–C–N with tert-alkyl or cyclic N) is 1. The van der Waals surface area contributed by atoms with Crippen LogP contribution in [0.3, 0.4) is 0 Å². The number of hydrogen-bond acceptors (Lipinski definition) is 4. The summed E-state index contributed by atoms with van der Waals surface area (Å²) in [7, 11) is -2.03. The lowest BCUT2D eigenvalue weighted by Crippen LogP contribution is -2.47. The molecule has 0 bridgehead atoms. The number of fused-ring (bicyclic) bond motifs is 1. The van der Waals surface area contributed by atoms with Crippen molar-refractivity contribution in [3.8, 4) is 0 Å². The van der Waals surface area contributed by atoms with Gasteiger partial charge in [0.1, 0.15) is 0 Å². The molecule has 0 amide bonds. The molecule has 0 fully saturated rings. The second kappa shape index (κ2) is 10.4. The van der Waals surface area contributed by atoms with Crippen molar-refractivity contribution >= 4 is 36.7 Å². The van der Waals surface area contributed by atoms with Gasteiger partial charge in [0.05, 0.1) is 11.9 Å². The molecular weight excluding hydrogens is 488 g/mol. The average molecular weight is 520 g/mol. The van der Waals surface area contributed by atoms with Crippen LogP contribution in [0.15, 0.2) is 71.2 Å². The van der Waals surface area contributed by atoms with Gasteiger partial charge in [-0.2, -0.15) is 0 Å². The largest absolute Gasteiger partial charge is 0.390 e. The van der Waals surface area contributed by atoms with E-state index in [9.17, 15) is 13.5 Å². The summed E-state index contributed by atoms with van der Waals surface area (Å²) >= 11 is 3.39. The van der Waals surface area contributed by atoms with Gasteiger partial charge in [0.15, 0.2) is 0 Å². The Morgan fingerprint density at radius 3 is 2.41 bits per heavy atom. The van der Waals surface area contributed by atoms with E-state index in [-0.39, 0.29) is 17.8 Å². The molecule has 3 aromatic rings. The summed E-state index contributed by atoms with van der Waals surface area (Å²) in [5.74, 6) is -0.113. The first kappa shape index (κ1) is 24.9. The molecule has 0 saturated carbocycles. The van der Waals surface area contributed by atoms with Crippen LogP contribution in [0.5, 0.6) is 0 Å². The Kier molecular flexibility index (Phi) is 8.11. The van der Waals surface area contributed by atoms with Crippen molar-refractivity contribution in [2.75, 3.05) is 20.1 Å². The summed E-state index contributed by atoms with van der Waals surface area (Å²) in [4.78, 5) is 0. The number of hydrogen-bond donors (Lipinski definition) is 2. The number of likely N-dealkylation sites (N-methyl/N-ethyl adjacent to an activating group) is 1. The number of aliphatic hydroxyl groups excluding tert-OH is 1. The molecule has 3 aromatic carbocycles. The molecule has 0 aromatic heterocycles. The fourth-order valence-corrected chi connectivity index (χ4v) is 5.59. The van der Waals surface area contributed by atoms with Crippen LogP contribution < -0.4 is 5.32 Å². The molecule has 5 nitrogen and oxygen atoms in total. The van der Waals surface area contributed by atoms with Gasteiger partial charge in [0, 0.05) is 30.1 Å². The number of aliphatic hydroxyl groups is 1. The maximum atomic E-state index is 12.7. The molecule has 1 atom stereocenters. The average Bonchev–Trinajstić information content (AvgIpc) is 2.73. The zero-order valence-electron chi connectivity index (χ0n) is 18.8. The second-order valence-corrected chi connectivity index (χ2v) is 11.8. The van der Waals surface area contributed by atoms with E-state index in [2.05, 4.69) is 65.4 Å². The summed E-state index contributed by atoms with van der Waals surface area (Å²) in [6.07, 6.45) is -0.0226. The van der Waals surface area contributed by atoms with E-state index in [1.54, 1.807) is 6.07 Å². The molecule has 2 N–H and O–H groups in total. The van der Waals surface area contributed by atoms with Crippen LogP contribution in [0.2, 0.25) is 0 Å². The highest BCUT2D eigenvalue weighted by molar-refractivity contribution is 9.10. The third kappa shape index (κ3) is 6.86. The van der Waals surface area contributed by atoms with Gasteiger partial charge in [-0.15, -0.1) is 0 Å². The highest BCUT2D eigenvalue weighted by Crippen LogP contribution is 2.21. The summed E-state index contributed by atoms with van der Waals surface area (Å²) < 4.78 is 27.4. The Hall–Kier alpha value is -1.77. The molecule has 0 spiro atoms. The quantitative estimate of drug-likeness (QED) is 0.418. The Bertz CT molecular complexity index is 1160. The maximum Gasteiger partial charge on any atom is 0.218 e. The fraction of sp³-hybridized carbons (Fsp3) is 0.360. The van der Waals surface area contributed by atoms with E-state index in [0.29, 0.717) is 12.1 Å². The molecule has 0 aliphatic rings. The zero-order valence-corrected chi connectivity index (χ0v) is 21.2. The van der Waals surface area contributed by atoms with Gasteiger partial charge in [-0.3, -0.25) is 0 Å². The molecule has 0 saturated heterocycles. The summed E-state index contributed by atoms with van der Waals surface area (Å²) in [6.45, 7) is 4.51. The van der Waals surface area contributed by atoms with Crippen molar-refractivity contribution in [2.24, 2.45) is 0 Å². The number of benzene rings is 3. The lowest BCUT2D eigenvalue weighted by Gasteiger charge is -2.29. The van der Waals surface area contributed by atoms with Gasteiger partial charge in [-0.05, 0) is 48.2 Å². The standard InChI is InChI=1S/C25H31BrN2O3S/c1-25(2,15-19-12-13-20-8-4-5-9-21(20)14-19)27-16-23(29)17-28(3)32(30,31)18-22-10-6-7-11-24(22)26/h4-14,23,27,29H,15-18H2,1-3H3. The molecule has 1 unspecified atom stereocenters. The number of sulfonamides is 1. The van der Waals surface area contributed by atoms with Crippen LogP contribution in [0, 0.1) is 0 Å². The van der Waals surface area contributed by atoms with Crippen LogP contribution in [-0.2, 0) is 22.2 Å². The van der Waals surface area contributed by atoms with E-state index in [0.717, 1.165) is 10.9 Å². The van der Waals surface area contributed by atoms with Crippen LogP contribution >= 0.6 is 15.9 Å². The van der Waals surface area contributed by atoms with E-state index < -0.39 is 16.1 Å². The van der Waals surface area contributed by atoms with E-state index in [1.807, 2.05) is 30.3 Å². The third-order valence-corrected chi connectivity index (χ3v) is 8.06. The van der Waals surface area contributed by atoms with Gasteiger partial charge in [-0.25, -0.2) is 12.7 Å². The van der Waals surface area contributed by atoms with Crippen LogP contribution in [-0.4, -0.2) is 49.6 Å². The second-order valence-electron chi connectivity index (χ2n) is 8.91. The lowest BCUT2D eigenvalue weighted by molar-refractivity contribution is 0.139. The molecule has 172 valence electrons. The predicted molar refractivity (Wildman–Crippen MR) is 135 cm³/mol. The first-order valence-electron chi connectivity index (χ1n) is 10.6. The number of rotatable bonds is 10. The van der Waals surface area contributed by atoms with Crippen molar-refractivity contribution in [1.82, 2.24) is 9.62 Å². The highest BCUT2D eigenvalue weighted by Gasteiger charge is 2.24. The Morgan fingerprint density at radius 2 is 1.69 bits per heavy atom. The van der Waals surface area contributed by atoms with Crippen molar-refractivity contribution in [1.29, 1.82) is 0 Å². The summed E-state index contributed by atoms with van der Waals surface area (Å²) in [5, 5.41) is 16.3. The van der Waals surface area contributed by atoms with Crippen LogP contribution in [0.25, 0.3) is 10.8 Å². The van der Waals surface area contributed by atoms with Gasteiger partial charge < -0.3 is 10.4 Å². The van der Waals surface area contributed by atoms with Crippen molar-refractivity contribution in [2.45, 2.75) is 37.7 Å². The van der Waals surface area contributed by atoms with Crippen molar-refractivity contribution < 1.29 is 13.5 Å². The van der Waals surface area contributed by atoms with Gasteiger partial charge >= 0.3 is 0 Å². The normalized spacial score (nSPS) is 13.6. The molecular formula is C25H31BrN2O3S. The first-order valence-corrected chi connectivity index (χ1v) is 13.0. The topological polar surface area (TPSA) is 69.6 Å². The van der Waals surface area contributed by atoms with E-state index in [1.165, 1.54) is 27.7 Å². The number of halogens is 1. The molecule has 0 aliphatic heterocycles. The number of nitrogens with zero attached hydrogens (tertiary/aromatic N) is 1. The zero-order chi connectivity index (χ0) is 23.4. The molecule has 0 radical (unpaired) electrons. The number of nitrogens with one attached hydrogen (secondary N) is 1. The first-order chi connectivity index (χ1) is 15.1.